The molecule has 0 aromatic heterocycles. The zero-order chi connectivity index (χ0) is 15.2. The highest BCUT2D eigenvalue weighted by Crippen LogP contribution is 2.21. The Bertz CT molecular complexity index is 617. The van der Waals surface area contributed by atoms with Crippen molar-refractivity contribution in [2.24, 2.45) is 0 Å². The van der Waals surface area contributed by atoms with Gasteiger partial charge in [-0.3, -0.25) is 4.79 Å². The van der Waals surface area contributed by atoms with Gasteiger partial charge in [-0.2, -0.15) is 0 Å². The Morgan fingerprint density at radius 1 is 1.14 bits per heavy atom. The van der Waals surface area contributed by atoms with Gasteiger partial charge in [0, 0.05) is 10.0 Å². The third-order valence-electron chi connectivity index (χ3n) is 3.09. The molecule has 0 aliphatic heterocycles. The first-order chi connectivity index (χ1) is 10.1. The summed E-state index contributed by atoms with van der Waals surface area (Å²) in [4.78, 5) is 12.1. The topological polar surface area (TPSA) is 49.3 Å². The Morgan fingerprint density at radius 3 is 2.48 bits per heavy atom. The van der Waals surface area contributed by atoms with Crippen molar-refractivity contribution >= 4 is 29.1 Å². The number of hydrogen-bond donors (Lipinski definition) is 2. The molecule has 0 saturated heterocycles. The van der Waals surface area contributed by atoms with Gasteiger partial charge in [-0.05, 0) is 23.3 Å². The number of carbonyl (C=O) groups is 1. The summed E-state index contributed by atoms with van der Waals surface area (Å²) in [6.07, 6.45) is 0.138. The molecule has 3 nitrogen and oxygen atoms in total. The molecule has 5 heteroatoms. The van der Waals surface area contributed by atoms with Gasteiger partial charge in [0.1, 0.15) is 0 Å². The summed E-state index contributed by atoms with van der Waals surface area (Å²) >= 11 is 11.9. The Hall–Kier alpha value is -1.55. The van der Waals surface area contributed by atoms with Crippen molar-refractivity contribution in [3.63, 3.8) is 0 Å². The molecular formula is C16H15Cl2NO2. The van der Waals surface area contributed by atoms with E-state index in [0.717, 1.165) is 5.56 Å². The van der Waals surface area contributed by atoms with Crippen LogP contribution in [0.5, 0.6) is 0 Å². The predicted octanol–water partition coefficient (Wildman–Crippen LogP) is 3.39. The van der Waals surface area contributed by atoms with Crippen LogP contribution in [-0.2, 0) is 11.2 Å². The molecule has 0 bridgehead atoms. The average Bonchev–Trinajstić information content (AvgIpc) is 2.48. The number of halogens is 2. The van der Waals surface area contributed by atoms with Crippen molar-refractivity contribution < 1.29 is 9.90 Å². The SMILES string of the molecule is O=C(Cc1ccc(Cl)cc1Cl)NC(CO)c1ccccc1. The van der Waals surface area contributed by atoms with E-state index in [9.17, 15) is 9.90 Å². The van der Waals surface area contributed by atoms with Crippen LogP contribution in [0.15, 0.2) is 48.5 Å². The summed E-state index contributed by atoms with van der Waals surface area (Å²) in [5.74, 6) is -0.206. The monoisotopic (exact) mass is 323 g/mol. The van der Waals surface area contributed by atoms with Crippen LogP contribution < -0.4 is 5.32 Å². The van der Waals surface area contributed by atoms with Crippen LogP contribution in [0.1, 0.15) is 17.2 Å². The third-order valence-corrected chi connectivity index (χ3v) is 3.67. The standard InChI is InChI=1S/C16H15Cl2NO2/c17-13-7-6-12(14(18)9-13)8-16(21)19-15(10-20)11-4-2-1-3-5-11/h1-7,9,15,20H,8,10H2,(H,19,21). The van der Waals surface area contributed by atoms with Crippen molar-refractivity contribution in [2.75, 3.05) is 6.61 Å². The van der Waals surface area contributed by atoms with E-state index in [4.69, 9.17) is 23.2 Å². The number of aliphatic hydroxyl groups excluding tert-OH is 1. The predicted molar refractivity (Wildman–Crippen MR) is 84.6 cm³/mol. The van der Waals surface area contributed by atoms with Crippen molar-refractivity contribution in [1.29, 1.82) is 0 Å². The van der Waals surface area contributed by atoms with Crippen LogP contribution in [0.4, 0.5) is 0 Å². The van der Waals surface area contributed by atoms with E-state index < -0.39 is 6.04 Å². The molecule has 0 radical (unpaired) electrons. The minimum Gasteiger partial charge on any atom is -0.394 e. The molecule has 1 unspecified atom stereocenters. The van der Waals surface area contributed by atoms with E-state index >= 15 is 0 Å². The molecule has 2 aromatic rings. The maximum absolute atomic E-state index is 12.1. The quantitative estimate of drug-likeness (QED) is 0.886. The number of rotatable bonds is 5. The Labute approximate surface area is 133 Å². The number of aliphatic hydroxyl groups is 1. The van der Waals surface area contributed by atoms with Gasteiger partial charge in [-0.25, -0.2) is 0 Å². The zero-order valence-electron chi connectivity index (χ0n) is 11.2. The average molecular weight is 324 g/mol. The maximum atomic E-state index is 12.1. The number of amides is 1. The Balaban J connectivity index is 2.03. The molecule has 2 rings (SSSR count). The molecular weight excluding hydrogens is 309 g/mol. The lowest BCUT2D eigenvalue weighted by Crippen LogP contribution is -2.32. The summed E-state index contributed by atoms with van der Waals surface area (Å²) < 4.78 is 0. The van der Waals surface area contributed by atoms with Crippen LogP contribution >= 0.6 is 23.2 Å². The second kappa shape index (κ2) is 7.46. The molecule has 21 heavy (non-hydrogen) atoms. The fraction of sp³-hybridized carbons (Fsp3) is 0.188. The van der Waals surface area contributed by atoms with E-state index in [0.29, 0.717) is 15.6 Å². The van der Waals surface area contributed by atoms with Gasteiger partial charge in [0.05, 0.1) is 19.1 Å². The van der Waals surface area contributed by atoms with Crippen LogP contribution in [0.3, 0.4) is 0 Å². The van der Waals surface area contributed by atoms with Crippen molar-refractivity contribution in [3.05, 3.63) is 69.7 Å². The van der Waals surface area contributed by atoms with Crippen molar-refractivity contribution in [2.45, 2.75) is 12.5 Å². The minimum atomic E-state index is -0.426. The summed E-state index contributed by atoms with van der Waals surface area (Å²) in [5, 5.41) is 13.2. The van der Waals surface area contributed by atoms with E-state index in [-0.39, 0.29) is 18.9 Å². The molecule has 0 saturated carbocycles. The first kappa shape index (κ1) is 15.8. The molecule has 1 atom stereocenters. The van der Waals surface area contributed by atoms with Gasteiger partial charge < -0.3 is 10.4 Å². The van der Waals surface area contributed by atoms with Crippen molar-refractivity contribution in [1.82, 2.24) is 5.32 Å². The van der Waals surface area contributed by atoms with E-state index in [2.05, 4.69) is 5.32 Å². The van der Waals surface area contributed by atoms with E-state index in [1.54, 1.807) is 18.2 Å². The van der Waals surface area contributed by atoms with Gasteiger partial charge in [0.25, 0.3) is 0 Å². The van der Waals surface area contributed by atoms with Crippen LogP contribution in [0.25, 0.3) is 0 Å². The van der Waals surface area contributed by atoms with Gasteiger partial charge in [-0.15, -0.1) is 0 Å². The summed E-state index contributed by atoms with van der Waals surface area (Å²) in [6.45, 7) is -0.163. The molecule has 0 fully saturated rings. The highest BCUT2D eigenvalue weighted by Gasteiger charge is 2.14. The lowest BCUT2D eigenvalue weighted by molar-refractivity contribution is -0.121. The second-order valence-corrected chi connectivity index (χ2v) is 5.47. The summed E-state index contributed by atoms with van der Waals surface area (Å²) in [5.41, 5.74) is 1.55. The van der Waals surface area contributed by atoms with Crippen molar-refractivity contribution in [3.8, 4) is 0 Å². The molecule has 0 heterocycles. The normalized spacial score (nSPS) is 12.0. The van der Waals surface area contributed by atoms with E-state index in [1.165, 1.54) is 0 Å². The molecule has 0 aliphatic carbocycles. The van der Waals surface area contributed by atoms with E-state index in [1.807, 2.05) is 30.3 Å². The summed E-state index contributed by atoms with van der Waals surface area (Å²) in [6, 6.07) is 13.9. The van der Waals surface area contributed by atoms with Crippen LogP contribution in [0.2, 0.25) is 10.0 Å². The highest BCUT2D eigenvalue weighted by atomic mass is 35.5. The first-order valence-corrected chi connectivity index (χ1v) is 7.25. The Kier molecular flexibility index (Phi) is 5.62. The van der Waals surface area contributed by atoms with Crippen LogP contribution in [0, 0.1) is 0 Å². The molecule has 1 amide bonds. The van der Waals surface area contributed by atoms with Crippen LogP contribution in [-0.4, -0.2) is 17.6 Å². The third kappa shape index (κ3) is 4.46. The zero-order valence-corrected chi connectivity index (χ0v) is 12.7. The number of benzene rings is 2. The lowest BCUT2D eigenvalue weighted by Gasteiger charge is -2.17. The molecule has 110 valence electrons. The number of hydrogen-bond acceptors (Lipinski definition) is 2. The first-order valence-electron chi connectivity index (χ1n) is 6.49. The Morgan fingerprint density at radius 2 is 1.86 bits per heavy atom. The lowest BCUT2D eigenvalue weighted by atomic mass is 10.1. The number of nitrogens with one attached hydrogen (secondary N) is 1. The van der Waals surface area contributed by atoms with Gasteiger partial charge in [0.2, 0.25) is 5.91 Å². The highest BCUT2D eigenvalue weighted by molar-refractivity contribution is 6.35. The fourth-order valence-corrected chi connectivity index (χ4v) is 2.48. The second-order valence-electron chi connectivity index (χ2n) is 4.63. The molecule has 2 aromatic carbocycles. The molecule has 2 N–H and O–H groups in total. The largest absolute Gasteiger partial charge is 0.394 e. The molecule has 0 aliphatic rings. The maximum Gasteiger partial charge on any atom is 0.225 e. The smallest absolute Gasteiger partial charge is 0.225 e. The van der Waals surface area contributed by atoms with Gasteiger partial charge in [-0.1, -0.05) is 59.6 Å². The summed E-state index contributed by atoms with van der Waals surface area (Å²) in [7, 11) is 0. The van der Waals surface area contributed by atoms with Gasteiger partial charge in [0.15, 0.2) is 0 Å². The van der Waals surface area contributed by atoms with Gasteiger partial charge >= 0.3 is 0 Å². The number of carbonyl (C=O) groups excluding carboxylic acids is 1. The minimum absolute atomic E-state index is 0.138. The molecule has 0 spiro atoms. The fourth-order valence-electron chi connectivity index (χ4n) is 2.00.